The van der Waals surface area contributed by atoms with Gasteiger partial charge in [-0.25, -0.2) is 9.18 Å². The van der Waals surface area contributed by atoms with Gasteiger partial charge in [0.15, 0.2) is 0 Å². The highest BCUT2D eigenvalue weighted by Gasteiger charge is 2.26. The summed E-state index contributed by atoms with van der Waals surface area (Å²) in [6, 6.07) is 18.1. The van der Waals surface area contributed by atoms with Gasteiger partial charge in [-0.2, -0.15) is 0 Å². The van der Waals surface area contributed by atoms with Crippen LogP contribution in [-0.2, 0) is 30.1 Å². The van der Waals surface area contributed by atoms with E-state index in [2.05, 4.69) is 64.3 Å². The van der Waals surface area contributed by atoms with Crippen LogP contribution >= 0.6 is 0 Å². The molecule has 2 amide bonds. The summed E-state index contributed by atoms with van der Waals surface area (Å²) in [5.74, 6) is 0.121. The highest BCUT2D eigenvalue weighted by molar-refractivity contribution is 5.90. The molecule has 4 nitrogen and oxygen atoms in total. The summed E-state index contributed by atoms with van der Waals surface area (Å²) in [5, 5.41) is 16.8. The van der Waals surface area contributed by atoms with Crippen molar-refractivity contribution in [2.45, 2.75) is 71.6 Å². The molecule has 0 bridgehead atoms. The minimum atomic E-state index is -0.266. The van der Waals surface area contributed by atoms with Crippen LogP contribution in [0.1, 0.15) is 69.4 Å². The number of carbonyl (C=O) groups excluding carboxylic acids is 1. The normalized spacial score (nSPS) is 11.9. The molecule has 0 aliphatic rings. The Morgan fingerprint density at radius 3 is 1.97 bits per heavy atom. The molecule has 192 valence electrons. The van der Waals surface area contributed by atoms with E-state index in [1.165, 1.54) is 17.7 Å². The van der Waals surface area contributed by atoms with E-state index in [0.717, 1.165) is 40.8 Å². The van der Waals surface area contributed by atoms with E-state index in [1.54, 1.807) is 12.1 Å². The van der Waals surface area contributed by atoms with Crippen LogP contribution in [0.4, 0.5) is 14.9 Å². The summed E-state index contributed by atoms with van der Waals surface area (Å²) in [6.07, 6.45) is 2.17. The van der Waals surface area contributed by atoms with Crippen molar-refractivity contribution in [3.8, 4) is 5.75 Å². The highest BCUT2D eigenvalue weighted by atomic mass is 19.1. The Hall–Kier alpha value is -3.34. The van der Waals surface area contributed by atoms with Crippen molar-refractivity contribution in [2.75, 3.05) is 11.9 Å². The van der Waals surface area contributed by atoms with Crippen molar-refractivity contribution in [1.82, 2.24) is 5.32 Å². The molecule has 3 N–H and O–H groups in total. The first-order valence-corrected chi connectivity index (χ1v) is 12.6. The predicted molar refractivity (Wildman–Crippen MR) is 146 cm³/mol. The Balaban J connectivity index is 1.69. The quantitative estimate of drug-likeness (QED) is 0.326. The monoisotopic (exact) mass is 490 g/mol. The van der Waals surface area contributed by atoms with Crippen LogP contribution in [0.5, 0.6) is 5.75 Å². The van der Waals surface area contributed by atoms with Crippen molar-refractivity contribution in [3.05, 3.63) is 94.3 Å². The number of aryl methyl sites for hydroxylation is 2. The van der Waals surface area contributed by atoms with Gasteiger partial charge in [-0.05, 0) is 76.1 Å². The number of phenolic OH excluding ortho intramolecular Hbond substituents is 1. The average Bonchev–Trinajstić information content (AvgIpc) is 2.79. The molecule has 0 fully saturated rings. The number of para-hydroxylation sites is 1. The molecule has 3 aromatic rings. The maximum absolute atomic E-state index is 13.1. The molecule has 3 aromatic carbocycles. The van der Waals surface area contributed by atoms with Gasteiger partial charge in [0.25, 0.3) is 0 Å². The van der Waals surface area contributed by atoms with Crippen LogP contribution in [0.3, 0.4) is 0 Å². The predicted octanol–water partition coefficient (Wildman–Crippen LogP) is 7.28. The first kappa shape index (κ1) is 27.3. The van der Waals surface area contributed by atoms with Gasteiger partial charge in [-0.1, -0.05) is 84.0 Å². The second-order valence-corrected chi connectivity index (χ2v) is 11.5. The number of nitrogens with one attached hydrogen (secondary N) is 2. The van der Waals surface area contributed by atoms with Crippen LogP contribution in [0.25, 0.3) is 0 Å². The molecule has 5 heteroatoms. The number of hydrogen-bond acceptors (Lipinski definition) is 2. The molecule has 0 saturated heterocycles. The Bertz CT molecular complexity index is 1150. The van der Waals surface area contributed by atoms with Crippen molar-refractivity contribution in [1.29, 1.82) is 0 Å². The average molecular weight is 491 g/mol. The van der Waals surface area contributed by atoms with E-state index < -0.39 is 0 Å². The maximum Gasteiger partial charge on any atom is 0.319 e. The lowest BCUT2D eigenvalue weighted by Gasteiger charge is -2.28. The third-order valence-electron chi connectivity index (χ3n) is 6.35. The van der Waals surface area contributed by atoms with Crippen LogP contribution in [0, 0.1) is 5.82 Å². The Morgan fingerprint density at radius 2 is 1.39 bits per heavy atom. The zero-order valence-electron chi connectivity index (χ0n) is 22.3. The minimum Gasteiger partial charge on any atom is -0.507 e. The fourth-order valence-corrected chi connectivity index (χ4v) is 4.26. The second kappa shape index (κ2) is 11.2. The van der Waals surface area contributed by atoms with Gasteiger partial charge in [-0.3, -0.25) is 0 Å². The summed E-state index contributed by atoms with van der Waals surface area (Å²) in [5.41, 5.74) is 5.53. The Kier molecular flexibility index (Phi) is 8.44. The highest BCUT2D eigenvalue weighted by Crippen LogP contribution is 2.40. The lowest BCUT2D eigenvalue weighted by Crippen LogP contribution is -2.30. The van der Waals surface area contributed by atoms with E-state index in [-0.39, 0.29) is 22.7 Å². The number of carbonyl (C=O) groups is 1. The molecule has 0 atom stereocenters. The van der Waals surface area contributed by atoms with E-state index in [1.807, 2.05) is 24.3 Å². The van der Waals surface area contributed by atoms with Crippen LogP contribution < -0.4 is 10.6 Å². The zero-order chi connectivity index (χ0) is 26.5. The van der Waals surface area contributed by atoms with Crippen molar-refractivity contribution in [3.63, 3.8) is 0 Å². The largest absolute Gasteiger partial charge is 0.507 e. The molecule has 36 heavy (non-hydrogen) atoms. The number of aromatic hydroxyl groups is 1. The number of urea groups is 1. The molecule has 0 heterocycles. The molecule has 0 unspecified atom stereocenters. The minimum absolute atomic E-state index is 0.175. The smallest absolute Gasteiger partial charge is 0.319 e. The molecule has 0 aliphatic carbocycles. The standard InChI is InChI=1S/C31H39FN2O2/c1-30(2,3)25-19-22(20-26(28(25)35)31(4,5)6)11-14-23-9-7-8-10-27(23)34-29(36)33-18-17-21-12-15-24(32)16-13-21/h7-10,12-13,15-16,19-20,35H,11,14,17-18H2,1-6H3,(H2,33,34,36). The van der Waals surface area contributed by atoms with Gasteiger partial charge in [0.05, 0.1) is 0 Å². The first-order chi connectivity index (χ1) is 16.8. The Labute approximate surface area is 215 Å². The van der Waals surface area contributed by atoms with Crippen molar-refractivity contribution in [2.24, 2.45) is 0 Å². The van der Waals surface area contributed by atoms with Crippen LogP contribution in [0.2, 0.25) is 0 Å². The number of hydrogen-bond donors (Lipinski definition) is 3. The number of amides is 2. The lowest BCUT2D eigenvalue weighted by atomic mass is 9.78. The number of phenols is 1. The molecular formula is C31H39FN2O2. The van der Waals surface area contributed by atoms with Gasteiger partial charge in [-0.15, -0.1) is 0 Å². The van der Waals surface area contributed by atoms with Gasteiger partial charge in [0.1, 0.15) is 11.6 Å². The van der Waals surface area contributed by atoms with Crippen molar-refractivity contribution < 1.29 is 14.3 Å². The van der Waals surface area contributed by atoms with E-state index in [4.69, 9.17) is 0 Å². The van der Waals surface area contributed by atoms with Crippen LogP contribution in [0.15, 0.2) is 60.7 Å². The SMILES string of the molecule is CC(C)(C)c1cc(CCc2ccccc2NC(=O)NCCc2ccc(F)cc2)cc(C(C)(C)C)c1O. The van der Waals surface area contributed by atoms with Crippen LogP contribution in [-0.4, -0.2) is 17.7 Å². The second-order valence-electron chi connectivity index (χ2n) is 11.5. The Morgan fingerprint density at radius 1 is 0.806 bits per heavy atom. The summed E-state index contributed by atoms with van der Waals surface area (Å²) in [4.78, 5) is 12.5. The molecule has 3 rings (SSSR count). The topological polar surface area (TPSA) is 61.4 Å². The van der Waals surface area contributed by atoms with Gasteiger partial charge in [0.2, 0.25) is 0 Å². The number of benzene rings is 3. The molecule has 0 spiro atoms. The third kappa shape index (κ3) is 7.33. The molecule has 0 aliphatic heterocycles. The molecule has 0 saturated carbocycles. The maximum atomic E-state index is 13.1. The number of rotatable bonds is 7. The third-order valence-corrected chi connectivity index (χ3v) is 6.35. The van der Waals surface area contributed by atoms with Gasteiger partial charge < -0.3 is 15.7 Å². The summed E-state index contributed by atoms with van der Waals surface area (Å²) >= 11 is 0. The van der Waals surface area contributed by atoms with Gasteiger partial charge in [0, 0.05) is 12.2 Å². The summed E-state index contributed by atoms with van der Waals surface area (Å²) in [7, 11) is 0. The lowest BCUT2D eigenvalue weighted by molar-refractivity contribution is 0.252. The van der Waals surface area contributed by atoms with Crippen molar-refractivity contribution >= 4 is 11.7 Å². The van der Waals surface area contributed by atoms with E-state index in [0.29, 0.717) is 18.7 Å². The first-order valence-electron chi connectivity index (χ1n) is 12.6. The fourth-order valence-electron chi connectivity index (χ4n) is 4.26. The van der Waals surface area contributed by atoms with E-state index in [9.17, 15) is 14.3 Å². The van der Waals surface area contributed by atoms with E-state index >= 15 is 0 Å². The number of halogens is 1. The molecular weight excluding hydrogens is 451 g/mol. The summed E-state index contributed by atoms with van der Waals surface area (Å²) < 4.78 is 13.1. The summed E-state index contributed by atoms with van der Waals surface area (Å²) in [6.45, 7) is 13.2. The fraction of sp³-hybridized carbons (Fsp3) is 0.387. The number of anilines is 1. The molecule has 0 aromatic heterocycles. The van der Waals surface area contributed by atoms with Gasteiger partial charge >= 0.3 is 6.03 Å². The molecule has 0 radical (unpaired) electrons. The zero-order valence-corrected chi connectivity index (χ0v) is 22.3.